The van der Waals surface area contributed by atoms with Crippen molar-refractivity contribution in [2.45, 2.75) is 32.1 Å². The van der Waals surface area contributed by atoms with Crippen LogP contribution in [-0.4, -0.2) is 34.4 Å². The SMILES string of the molecule is C.COC(=O)C(Cc1ccc(O)cc1)c1ccccc1.O=C(O)C(Cc1ccc(O)cc1)c1ccccc1.[Y].[Y]. The molecule has 4 aromatic carbocycles. The van der Waals surface area contributed by atoms with Crippen LogP contribution in [0.5, 0.6) is 11.5 Å². The Labute approximate surface area is 286 Å². The van der Waals surface area contributed by atoms with Crippen LogP contribution in [0.3, 0.4) is 0 Å². The molecule has 0 fully saturated rings. The Morgan fingerprint density at radius 1 is 0.625 bits per heavy atom. The summed E-state index contributed by atoms with van der Waals surface area (Å²) >= 11 is 0. The number of carbonyl (C=O) groups excluding carboxylic acids is 1. The third kappa shape index (κ3) is 12.0. The Kier molecular flexibility index (Phi) is 18.5. The number of benzene rings is 4. The minimum atomic E-state index is -0.839. The van der Waals surface area contributed by atoms with Gasteiger partial charge in [-0.25, -0.2) is 0 Å². The molecule has 0 saturated carbocycles. The smallest absolute Gasteiger partial charge is 0.313 e. The molecule has 2 radical (unpaired) electrons. The summed E-state index contributed by atoms with van der Waals surface area (Å²) in [6.07, 6.45) is 0.969. The van der Waals surface area contributed by atoms with Crippen molar-refractivity contribution in [1.82, 2.24) is 0 Å². The van der Waals surface area contributed by atoms with Gasteiger partial charge in [-0.2, -0.15) is 0 Å². The number of aromatic hydroxyl groups is 2. The normalized spacial score (nSPS) is 11.0. The zero-order valence-corrected chi connectivity index (χ0v) is 27.4. The van der Waals surface area contributed by atoms with E-state index in [1.54, 1.807) is 36.4 Å². The summed E-state index contributed by atoms with van der Waals surface area (Å²) in [7, 11) is 1.40. The summed E-state index contributed by atoms with van der Waals surface area (Å²) in [6, 6.07) is 32.2. The van der Waals surface area contributed by atoms with Gasteiger partial charge in [0.15, 0.2) is 0 Å². The van der Waals surface area contributed by atoms with Crippen molar-refractivity contribution in [2.75, 3.05) is 7.11 Å². The summed E-state index contributed by atoms with van der Waals surface area (Å²) in [5.74, 6) is -1.57. The van der Waals surface area contributed by atoms with Crippen molar-refractivity contribution < 1.29 is 95.1 Å². The number of phenolic OH excluding ortho intramolecular Hbond substituents is 2. The van der Waals surface area contributed by atoms with Crippen LogP contribution < -0.4 is 0 Å². The Hall–Kier alpha value is -2.37. The summed E-state index contributed by atoms with van der Waals surface area (Å²) in [5, 5.41) is 27.8. The van der Waals surface area contributed by atoms with E-state index in [2.05, 4.69) is 0 Å². The topological polar surface area (TPSA) is 104 Å². The molecule has 0 saturated heterocycles. The summed E-state index contributed by atoms with van der Waals surface area (Å²) < 4.78 is 4.87. The maximum absolute atomic E-state index is 11.9. The van der Waals surface area contributed by atoms with Gasteiger partial charge in [0.05, 0.1) is 18.9 Å². The predicted molar refractivity (Wildman–Crippen MR) is 148 cm³/mol. The van der Waals surface area contributed by atoms with Gasteiger partial charge in [0.25, 0.3) is 0 Å². The van der Waals surface area contributed by atoms with Crippen LogP contribution in [0, 0.1) is 0 Å². The fourth-order valence-electron chi connectivity index (χ4n) is 3.93. The average molecular weight is 692 g/mol. The molecule has 4 aromatic rings. The molecule has 4 rings (SSSR count). The minimum Gasteiger partial charge on any atom is -0.508 e. The van der Waals surface area contributed by atoms with Gasteiger partial charge in [-0.05, 0) is 59.4 Å². The molecule has 3 N–H and O–H groups in total. The molecular formula is C32H34O6Y2. The molecule has 0 aliphatic carbocycles. The van der Waals surface area contributed by atoms with Gasteiger partial charge in [-0.15, -0.1) is 0 Å². The fourth-order valence-corrected chi connectivity index (χ4v) is 3.93. The number of hydrogen-bond donors (Lipinski definition) is 3. The Bertz CT molecular complexity index is 1260. The van der Waals surface area contributed by atoms with Crippen molar-refractivity contribution >= 4 is 11.9 Å². The van der Waals surface area contributed by atoms with E-state index in [0.29, 0.717) is 12.8 Å². The van der Waals surface area contributed by atoms with Crippen molar-refractivity contribution in [3.63, 3.8) is 0 Å². The number of esters is 1. The van der Waals surface area contributed by atoms with Crippen LogP contribution >= 0.6 is 0 Å². The van der Waals surface area contributed by atoms with Crippen LogP contribution in [0.4, 0.5) is 0 Å². The van der Waals surface area contributed by atoms with Gasteiger partial charge in [-0.3, -0.25) is 9.59 Å². The maximum Gasteiger partial charge on any atom is 0.313 e. The molecule has 0 spiro atoms. The first-order valence-corrected chi connectivity index (χ1v) is 11.8. The minimum absolute atomic E-state index is 0. The van der Waals surface area contributed by atoms with E-state index >= 15 is 0 Å². The van der Waals surface area contributed by atoms with Gasteiger partial charge < -0.3 is 20.1 Å². The first kappa shape index (κ1) is 37.6. The van der Waals surface area contributed by atoms with E-state index in [0.717, 1.165) is 22.3 Å². The van der Waals surface area contributed by atoms with Gasteiger partial charge in [0, 0.05) is 65.4 Å². The fraction of sp³-hybridized carbons (Fsp3) is 0.188. The van der Waals surface area contributed by atoms with E-state index in [4.69, 9.17) is 4.74 Å². The second kappa shape index (κ2) is 19.7. The number of phenols is 2. The largest absolute Gasteiger partial charge is 0.508 e. The molecule has 0 amide bonds. The standard InChI is InChI=1S/C16H16O3.C15H14O3.CH4.2Y/c1-19-16(18)15(13-5-3-2-4-6-13)11-12-7-9-14(17)10-8-12;16-13-8-6-11(7-9-13)10-14(15(17)18)12-4-2-1-3-5-12;;;/h2-10,15,17H,11H2,1H3;1-9,14,16H,10H2,(H,17,18);1H4;;. The molecule has 0 aliphatic heterocycles. The van der Waals surface area contributed by atoms with Crippen LogP contribution in [0.1, 0.15) is 41.5 Å². The van der Waals surface area contributed by atoms with E-state index in [1.807, 2.05) is 72.8 Å². The predicted octanol–water partition coefficient (Wildman–Crippen LogP) is 6.33. The molecule has 0 aromatic heterocycles. The van der Waals surface area contributed by atoms with Crippen molar-refractivity contribution in [3.8, 4) is 11.5 Å². The quantitative estimate of drug-likeness (QED) is 0.187. The molecule has 40 heavy (non-hydrogen) atoms. The van der Waals surface area contributed by atoms with Gasteiger partial charge in [0.1, 0.15) is 11.5 Å². The molecule has 204 valence electrons. The van der Waals surface area contributed by atoms with Gasteiger partial charge in [0.2, 0.25) is 0 Å². The molecule has 2 unspecified atom stereocenters. The average Bonchev–Trinajstić information content (AvgIpc) is 2.93. The van der Waals surface area contributed by atoms with E-state index in [1.165, 1.54) is 7.11 Å². The molecule has 0 aliphatic rings. The molecule has 0 heterocycles. The Morgan fingerprint density at radius 3 is 1.32 bits per heavy atom. The third-order valence-electron chi connectivity index (χ3n) is 5.94. The maximum atomic E-state index is 11.9. The van der Waals surface area contributed by atoms with Gasteiger partial charge in [-0.1, -0.05) is 92.4 Å². The monoisotopic (exact) mass is 692 g/mol. The van der Waals surface area contributed by atoms with Crippen LogP contribution in [0.25, 0.3) is 0 Å². The summed E-state index contributed by atoms with van der Waals surface area (Å²) in [5.41, 5.74) is 3.60. The first-order valence-electron chi connectivity index (χ1n) is 11.8. The van der Waals surface area contributed by atoms with Crippen LogP contribution in [0.15, 0.2) is 109 Å². The molecule has 2 atom stereocenters. The van der Waals surface area contributed by atoms with E-state index < -0.39 is 11.9 Å². The van der Waals surface area contributed by atoms with E-state index in [-0.39, 0.29) is 96.2 Å². The second-order valence-corrected chi connectivity index (χ2v) is 8.53. The summed E-state index contributed by atoms with van der Waals surface area (Å²) in [6.45, 7) is 0. The number of methoxy groups -OCH3 is 1. The zero-order valence-electron chi connectivity index (χ0n) is 21.7. The number of carboxylic acids is 1. The van der Waals surface area contributed by atoms with Crippen molar-refractivity contribution in [3.05, 3.63) is 131 Å². The zero-order chi connectivity index (χ0) is 26.6. The third-order valence-corrected chi connectivity index (χ3v) is 5.94. The molecule has 8 heteroatoms. The number of ether oxygens (including phenoxy) is 1. The van der Waals surface area contributed by atoms with Crippen molar-refractivity contribution in [2.24, 2.45) is 0 Å². The molecule has 6 nitrogen and oxygen atoms in total. The van der Waals surface area contributed by atoms with E-state index in [9.17, 15) is 24.9 Å². The van der Waals surface area contributed by atoms with Gasteiger partial charge >= 0.3 is 11.9 Å². The summed E-state index contributed by atoms with van der Waals surface area (Å²) in [4.78, 5) is 23.2. The molecular weight excluding hydrogens is 658 g/mol. The number of hydrogen-bond acceptors (Lipinski definition) is 5. The number of carboxylic acid groups (broad SMARTS) is 1. The van der Waals surface area contributed by atoms with Crippen LogP contribution in [0.2, 0.25) is 0 Å². The Balaban J connectivity index is 0.000000708. The van der Waals surface area contributed by atoms with Crippen molar-refractivity contribution in [1.29, 1.82) is 0 Å². The molecule has 0 bridgehead atoms. The number of rotatable bonds is 8. The second-order valence-electron chi connectivity index (χ2n) is 8.53. The first-order chi connectivity index (χ1) is 17.9. The Morgan fingerprint density at radius 2 is 0.975 bits per heavy atom. The number of carbonyl (C=O) groups is 2. The number of aliphatic carboxylic acids is 1. The van der Waals surface area contributed by atoms with Crippen LogP contribution in [-0.2, 0) is 92.6 Å².